The lowest BCUT2D eigenvalue weighted by atomic mass is 10.1. The van der Waals surface area contributed by atoms with Gasteiger partial charge in [0.15, 0.2) is 6.04 Å². The van der Waals surface area contributed by atoms with Gasteiger partial charge < -0.3 is 19.9 Å². The van der Waals surface area contributed by atoms with E-state index in [0.29, 0.717) is 0 Å². The molecule has 1 aromatic carbocycles. The number of aliphatic carboxylic acids is 1. The summed E-state index contributed by atoms with van der Waals surface area (Å²) in [5.74, 6) is -1.17. The SMILES string of the molecule is CC(OC(C)(C)C)[C@H](NC(=O)OCc1ccccc1)C(=O)O.Cl. The van der Waals surface area contributed by atoms with Crippen molar-refractivity contribution in [3.05, 3.63) is 35.9 Å². The van der Waals surface area contributed by atoms with Gasteiger partial charge in [-0.1, -0.05) is 30.3 Å². The van der Waals surface area contributed by atoms with E-state index >= 15 is 0 Å². The van der Waals surface area contributed by atoms with Crippen LogP contribution in [0.1, 0.15) is 33.3 Å². The van der Waals surface area contributed by atoms with E-state index in [2.05, 4.69) is 5.32 Å². The van der Waals surface area contributed by atoms with E-state index in [4.69, 9.17) is 9.47 Å². The van der Waals surface area contributed by atoms with E-state index in [1.165, 1.54) is 0 Å². The monoisotopic (exact) mass is 345 g/mol. The zero-order valence-corrected chi connectivity index (χ0v) is 14.6. The number of ether oxygens (including phenoxy) is 2. The fourth-order valence-electron chi connectivity index (χ4n) is 1.90. The van der Waals surface area contributed by atoms with E-state index in [1.807, 2.05) is 51.1 Å². The molecule has 130 valence electrons. The second-order valence-electron chi connectivity index (χ2n) is 5.96. The molecule has 0 spiro atoms. The highest BCUT2D eigenvalue weighted by molar-refractivity contribution is 5.85. The molecule has 0 saturated heterocycles. The zero-order chi connectivity index (χ0) is 16.8. The van der Waals surface area contributed by atoms with Gasteiger partial charge in [-0.2, -0.15) is 0 Å². The summed E-state index contributed by atoms with van der Waals surface area (Å²) in [7, 11) is 0. The normalized spacial score (nSPS) is 13.4. The Morgan fingerprint density at radius 2 is 1.78 bits per heavy atom. The number of nitrogens with one attached hydrogen (secondary N) is 1. The summed E-state index contributed by atoms with van der Waals surface area (Å²) in [5, 5.41) is 11.5. The number of amides is 1. The Morgan fingerprint density at radius 3 is 2.26 bits per heavy atom. The van der Waals surface area contributed by atoms with Crippen molar-refractivity contribution in [3.63, 3.8) is 0 Å². The highest BCUT2D eigenvalue weighted by atomic mass is 35.5. The Labute approximate surface area is 142 Å². The molecule has 1 amide bonds. The van der Waals surface area contributed by atoms with Crippen LogP contribution in [0.5, 0.6) is 0 Å². The summed E-state index contributed by atoms with van der Waals surface area (Å²) >= 11 is 0. The molecule has 1 unspecified atom stereocenters. The fourth-order valence-corrected chi connectivity index (χ4v) is 1.90. The maximum Gasteiger partial charge on any atom is 0.408 e. The Kier molecular flexibility index (Phi) is 8.64. The van der Waals surface area contributed by atoms with Crippen LogP contribution in [0.3, 0.4) is 0 Å². The van der Waals surface area contributed by atoms with Crippen molar-refractivity contribution in [1.29, 1.82) is 0 Å². The highest BCUT2D eigenvalue weighted by Gasteiger charge is 2.30. The standard InChI is InChI=1S/C16H23NO5.ClH/c1-11(22-16(2,3)4)13(14(18)19)17-15(20)21-10-12-8-6-5-7-9-12;/h5-9,11,13H,10H2,1-4H3,(H,17,20)(H,18,19);1H/t11?,13-;/m0./s1. The third-order valence-corrected chi connectivity index (χ3v) is 2.76. The van der Waals surface area contributed by atoms with Crippen LogP contribution >= 0.6 is 12.4 Å². The summed E-state index contributed by atoms with van der Waals surface area (Å²) in [6, 6.07) is 7.96. The van der Waals surface area contributed by atoms with Crippen molar-refractivity contribution >= 4 is 24.5 Å². The molecule has 6 nitrogen and oxygen atoms in total. The minimum Gasteiger partial charge on any atom is -0.480 e. The van der Waals surface area contributed by atoms with Crippen molar-refractivity contribution in [2.24, 2.45) is 0 Å². The molecule has 7 heteroatoms. The van der Waals surface area contributed by atoms with Crippen molar-refractivity contribution in [2.75, 3.05) is 0 Å². The second-order valence-corrected chi connectivity index (χ2v) is 5.96. The van der Waals surface area contributed by atoms with Crippen LogP contribution in [0.4, 0.5) is 4.79 Å². The third-order valence-electron chi connectivity index (χ3n) is 2.76. The molecule has 0 saturated carbocycles. The van der Waals surface area contributed by atoms with Gasteiger partial charge in [0.05, 0.1) is 11.7 Å². The zero-order valence-electron chi connectivity index (χ0n) is 13.7. The second kappa shape index (κ2) is 9.37. The molecule has 0 bridgehead atoms. The first-order valence-electron chi connectivity index (χ1n) is 7.07. The lowest BCUT2D eigenvalue weighted by Gasteiger charge is -2.29. The number of carboxylic acids is 1. The lowest BCUT2D eigenvalue weighted by molar-refractivity contribution is -0.147. The number of alkyl carbamates (subject to hydrolysis) is 1. The van der Waals surface area contributed by atoms with Gasteiger partial charge in [0.2, 0.25) is 0 Å². The maximum atomic E-state index is 11.7. The van der Waals surface area contributed by atoms with Crippen molar-refractivity contribution in [3.8, 4) is 0 Å². The number of carbonyl (C=O) groups is 2. The number of halogens is 1. The minimum absolute atomic E-state index is 0. The van der Waals surface area contributed by atoms with E-state index in [-0.39, 0.29) is 19.0 Å². The van der Waals surface area contributed by atoms with Gasteiger partial charge in [0.1, 0.15) is 6.61 Å². The van der Waals surface area contributed by atoms with E-state index in [9.17, 15) is 14.7 Å². The first-order chi connectivity index (χ1) is 10.2. The Balaban J connectivity index is 0.00000484. The molecular weight excluding hydrogens is 322 g/mol. The van der Waals surface area contributed by atoms with Gasteiger partial charge in [-0.25, -0.2) is 9.59 Å². The molecule has 0 heterocycles. The molecule has 0 aromatic heterocycles. The quantitative estimate of drug-likeness (QED) is 0.827. The fraction of sp³-hybridized carbons (Fsp3) is 0.500. The number of hydrogen-bond acceptors (Lipinski definition) is 4. The summed E-state index contributed by atoms with van der Waals surface area (Å²) in [5.41, 5.74) is 0.312. The molecule has 0 radical (unpaired) electrons. The number of rotatable bonds is 6. The van der Waals surface area contributed by atoms with Crippen LogP contribution in [-0.4, -0.2) is 34.9 Å². The van der Waals surface area contributed by atoms with Crippen LogP contribution in [0.25, 0.3) is 0 Å². The van der Waals surface area contributed by atoms with Crippen LogP contribution in [0, 0.1) is 0 Å². The molecule has 0 fully saturated rings. The van der Waals surface area contributed by atoms with Crippen LogP contribution in [0.2, 0.25) is 0 Å². The van der Waals surface area contributed by atoms with Crippen LogP contribution < -0.4 is 5.32 Å². The Bertz CT molecular complexity index is 501. The first kappa shape index (κ1) is 21.2. The maximum absolute atomic E-state index is 11.7. The lowest BCUT2D eigenvalue weighted by Crippen LogP contribution is -2.50. The van der Waals surface area contributed by atoms with Gasteiger partial charge in [-0.15, -0.1) is 12.4 Å². The Hall–Kier alpha value is -1.79. The molecule has 0 aliphatic heterocycles. The molecule has 2 atom stereocenters. The van der Waals surface area contributed by atoms with Gasteiger partial charge >= 0.3 is 12.1 Å². The number of carbonyl (C=O) groups excluding carboxylic acids is 1. The van der Waals surface area contributed by atoms with Gasteiger partial charge in [0, 0.05) is 0 Å². The number of hydrogen-bond donors (Lipinski definition) is 2. The van der Waals surface area contributed by atoms with Crippen LogP contribution in [0.15, 0.2) is 30.3 Å². The van der Waals surface area contributed by atoms with Gasteiger partial charge in [0.25, 0.3) is 0 Å². The third kappa shape index (κ3) is 8.42. The van der Waals surface area contributed by atoms with Gasteiger partial charge in [-0.3, -0.25) is 0 Å². The molecule has 1 rings (SSSR count). The summed E-state index contributed by atoms with van der Waals surface area (Å²) < 4.78 is 10.6. The van der Waals surface area contributed by atoms with Gasteiger partial charge in [-0.05, 0) is 33.3 Å². The average molecular weight is 346 g/mol. The predicted octanol–water partition coefficient (Wildman–Crippen LogP) is 2.99. The van der Waals surface area contributed by atoms with Crippen molar-refractivity contribution in [2.45, 2.75) is 52.0 Å². The summed E-state index contributed by atoms with van der Waals surface area (Å²) in [6.07, 6.45) is -1.48. The average Bonchev–Trinajstić information content (AvgIpc) is 2.41. The molecule has 1 aromatic rings. The molecule has 2 N–H and O–H groups in total. The van der Waals surface area contributed by atoms with E-state index in [1.54, 1.807) is 6.92 Å². The number of benzene rings is 1. The molecular formula is C16H24ClNO5. The Morgan fingerprint density at radius 1 is 1.22 bits per heavy atom. The predicted molar refractivity (Wildman–Crippen MR) is 88.7 cm³/mol. The van der Waals surface area contributed by atoms with Crippen molar-refractivity contribution < 1.29 is 24.2 Å². The summed E-state index contributed by atoms with van der Waals surface area (Å²) in [4.78, 5) is 23.0. The molecule has 0 aliphatic rings. The first-order valence-corrected chi connectivity index (χ1v) is 7.07. The minimum atomic E-state index is -1.18. The topological polar surface area (TPSA) is 84.9 Å². The largest absolute Gasteiger partial charge is 0.480 e. The summed E-state index contributed by atoms with van der Waals surface area (Å²) in [6.45, 7) is 7.12. The molecule has 23 heavy (non-hydrogen) atoms. The van der Waals surface area contributed by atoms with Crippen molar-refractivity contribution in [1.82, 2.24) is 5.32 Å². The van der Waals surface area contributed by atoms with E-state index < -0.39 is 29.8 Å². The van der Waals surface area contributed by atoms with Crippen LogP contribution in [-0.2, 0) is 20.9 Å². The van der Waals surface area contributed by atoms with E-state index in [0.717, 1.165) is 5.56 Å². The highest BCUT2D eigenvalue weighted by Crippen LogP contribution is 2.13. The number of carboxylic acid groups (broad SMARTS) is 1. The smallest absolute Gasteiger partial charge is 0.408 e. The molecule has 0 aliphatic carbocycles.